The normalized spacial score (nSPS) is 12.9. The molecule has 1 N–H and O–H groups in total. The Kier molecular flexibility index (Phi) is 9.01. The van der Waals surface area contributed by atoms with Crippen LogP contribution in [-0.2, 0) is 9.53 Å². The number of nitrogens with one attached hydrogen (secondary N) is 1. The molecule has 1 aromatic rings. The van der Waals surface area contributed by atoms with Crippen LogP contribution >= 0.6 is 0 Å². The summed E-state index contributed by atoms with van der Waals surface area (Å²) in [7, 11) is 0. The SMILES string of the molecule is CCCCC[C@@](C)(OCCC)C(=O)Nc1ccc(OCC)cc1C#N. The van der Waals surface area contributed by atoms with Crippen molar-refractivity contribution < 1.29 is 14.3 Å². The topological polar surface area (TPSA) is 71.3 Å². The molecule has 1 rings (SSSR count). The Bertz CT molecular complexity index is 595. The summed E-state index contributed by atoms with van der Waals surface area (Å²) >= 11 is 0. The van der Waals surface area contributed by atoms with Gasteiger partial charge in [0.15, 0.2) is 0 Å². The predicted molar refractivity (Wildman–Crippen MR) is 99.7 cm³/mol. The Hall–Kier alpha value is -2.06. The highest BCUT2D eigenvalue weighted by Gasteiger charge is 2.34. The standard InChI is InChI=1S/C20H30N2O3/c1-5-8-9-12-20(4,25-13-6-2)19(23)22-18-11-10-17(24-7-3)14-16(18)15-21/h10-11,14H,5-9,12-13H2,1-4H3,(H,22,23)/t20-/m1/s1. The fourth-order valence-electron chi connectivity index (χ4n) is 2.53. The van der Waals surface area contributed by atoms with E-state index in [0.717, 1.165) is 25.7 Å². The predicted octanol–water partition coefficient (Wildman–Crippen LogP) is 4.66. The molecule has 0 heterocycles. The molecule has 138 valence electrons. The molecule has 0 aliphatic carbocycles. The first-order chi connectivity index (χ1) is 12.0. The minimum absolute atomic E-state index is 0.210. The summed E-state index contributed by atoms with van der Waals surface area (Å²) in [4.78, 5) is 12.8. The number of hydrogen-bond donors (Lipinski definition) is 1. The van der Waals surface area contributed by atoms with Crippen molar-refractivity contribution in [1.29, 1.82) is 5.26 Å². The largest absolute Gasteiger partial charge is 0.494 e. The van der Waals surface area contributed by atoms with Gasteiger partial charge in [-0.1, -0.05) is 33.1 Å². The second-order valence-electron chi connectivity index (χ2n) is 6.24. The average Bonchev–Trinajstić information content (AvgIpc) is 2.61. The monoisotopic (exact) mass is 346 g/mol. The van der Waals surface area contributed by atoms with Crippen LogP contribution in [-0.4, -0.2) is 24.7 Å². The molecule has 0 aliphatic rings. The van der Waals surface area contributed by atoms with Gasteiger partial charge in [-0.05, 0) is 44.9 Å². The van der Waals surface area contributed by atoms with Crippen molar-refractivity contribution in [2.45, 2.75) is 65.4 Å². The Morgan fingerprint density at radius 2 is 2.00 bits per heavy atom. The van der Waals surface area contributed by atoms with Crippen molar-refractivity contribution in [3.63, 3.8) is 0 Å². The van der Waals surface area contributed by atoms with Gasteiger partial charge < -0.3 is 14.8 Å². The third kappa shape index (κ3) is 6.39. The van der Waals surface area contributed by atoms with E-state index in [-0.39, 0.29) is 5.91 Å². The average molecular weight is 346 g/mol. The number of hydrogen-bond acceptors (Lipinski definition) is 4. The van der Waals surface area contributed by atoms with Gasteiger partial charge in [-0.2, -0.15) is 5.26 Å². The molecule has 0 aliphatic heterocycles. The quantitative estimate of drug-likeness (QED) is 0.591. The van der Waals surface area contributed by atoms with Gasteiger partial charge in [0.05, 0.1) is 17.9 Å². The van der Waals surface area contributed by atoms with E-state index >= 15 is 0 Å². The van der Waals surface area contributed by atoms with Gasteiger partial charge in [0.2, 0.25) is 0 Å². The molecule has 0 saturated carbocycles. The first kappa shape index (κ1) is 21.0. The lowest BCUT2D eigenvalue weighted by Crippen LogP contribution is -2.43. The number of amides is 1. The van der Waals surface area contributed by atoms with Gasteiger partial charge in [0.25, 0.3) is 5.91 Å². The van der Waals surface area contributed by atoms with Crippen LogP contribution in [0.1, 0.15) is 65.4 Å². The molecule has 0 saturated heterocycles. The maximum atomic E-state index is 12.8. The van der Waals surface area contributed by atoms with Crippen LogP contribution in [0.2, 0.25) is 0 Å². The summed E-state index contributed by atoms with van der Waals surface area (Å²) in [5.74, 6) is 0.405. The molecule has 1 atom stereocenters. The first-order valence-electron chi connectivity index (χ1n) is 9.13. The van der Waals surface area contributed by atoms with Crippen LogP contribution < -0.4 is 10.1 Å². The van der Waals surface area contributed by atoms with Crippen LogP contribution in [0.3, 0.4) is 0 Å². The highest BCUT2D eigenvalue weighted by Crippen LogP contribution is 2.26. The molecule has 0 bridgehead atoms. The molecule has 0 aromatic heterocycles. The zero-order chi connectivity index (χ0) is 18.7. The number of benzene rings is 1. The van der Waals surface area contributed by atoms with E-state index in [1.54, 1.807) is 18.2 Å². The van der Waals surface area contributed by atoms with Gasteiger partial charge in [0.1, 0.15) is 17.4 Å². The van der Waals surface area contributed by atoms with Gasteiger partial charge >= 0.3 is 0 Å². The van der Waals surface area contributed by atoms with Crippen LogP contribution in [0, 0.1) is 11.3 Å². The minimum Gasteiger partial charge on any atom is -0.494 e. The fourth-order valence-corrected chi connectivity index (χ4v) is 2.53. The molecular formula is C20H30N2O3. The molecular weight excluding hydrogens is 316 g/mol. The van der Waals surface area contributed by atoms with Crippen LogP contribution in [0.4, 0.5) is 5.69 Å². The molecule has 0 radical (unpaired) electrons. The summed E-state index contributed by atoms with van der Waals surface area (Å²) in [5.41, 5.74) is -0.0280. The first-order valence-corrected chi connectivity index (χ1v) is 9.13. The molecule has 0 unspecified atom stereocenters. The van der Waals surface area contributed by atoms with E-state index < -0.39 is 5.60 Å². The van der Waals surface area contributed by atoms with E-state index in [9.17, 15) is 10.1 Å². The van der Waals surface area contributed by atoms with Crippen molar-refractivity contribution in [1.82, 2.24) is 0 Å². The zero-order valence-electron chi connectivity index (χ0n) is 15.9. The third-order valence-electron chi connectivity index (χ3n) is 4.03. The summed E-state index contributed by atoms with van der Waals surface area (Å²) in [6.07, 6.45) is 4.58. The van der Waals surface area contributed by atoms with Crippen molar-refractivity contribution in [3.8, 4) is 11.8 Å². The number of nitriles is 1. The zero-order valence-corrected chi connectivity index (χ0v) is 15.9. The maximum absolute atomic E-state index is 12.8. The summed E-state index contributed by atoms with van der Waals surface area (Å²) in [5, 5.41) is 12.2. The third-order valence-corrected chi connectivity index (χ3v) is 4.03. The second kappa shape index (κ2) is 10.7. The molecule has 25 heavy (non-hydrogen) atoms. The fraction of sp³-hybridized carbons (Fsp3) is 0.600. The molecule has 1 amide bonds. The molecule has 1 aromatic carbocycles. The Morgan fingerprint density at radius 3 is 2.60 bits per heavy atom. The summed E-state index contributed by atoms with van der Waals surface area (Å²) in [6.45, 7) is 8.91. The van der Waals surface area contributed by atoms with Gasteiger partial charge in [-0.15, -0.1) is 0 Å². The summed E-state index contributed by atoms with van der Waals surface area (Å²) < 4.78 is 11.3. The number of carbonyl (C=O) groups excluding carboxylic acids is 1. The Labute approximate surface area is 151 Å². The number of ether oxygens (including phenoxy) is 2. The smallest absolute Gasteiger partial charge is 0.256 e. The van der Waals surface area contributed by atoms with E-state index in [4.69, 9.17) is 9.47 Å². The molecule has 5 nitrogen and oxygen atoms in total. The number of unbranched alkanes of at least 4 members (excludes halogenated alkanes) is 2. The van der Waals surface area contributed by atoms with E-state index in [2.05, 4.69) is 18.3 Å². The van der Waals surface area contributed by atoms with E-state index in [0.29, 0.717) is 36.6 Å². The lowest BCUT2D eigenvalue weighted by atomic mass is 9.96. The molecule has 0 spiro atoms. The van der Waals surface area contributed by atoms with Crippen molar-refractivity contribution in [3.05, 3.63) is 23.8 Å². The van der Waals surface area contributed by atoms with E-state index in [1.165, 1.54) is 0 Å². The minimum atomic E-state index is -0.892. The van der Waals surface area contributed by atoms with Crippen LogP contribution in [0.15, 0.2) is 18.2 Å². The van der Waals surface area contributed by atoms with Crippen LogP contribution in [0.25, 0.3) is 0 Å². The van der Waals surface area contributed by atoms with Crippen LogP contribution in [0.5, 0.6) is 5.75 Å². The maximum Gasteiger partial charge on any atom is 0.256 e. The number of carbonyl (C=O) groups is 1. The second-order valence-corrected chi connectivity index (χ2v) is 6.24. The molecule has 0 fully saturated rings. The summed E-state index contributed by atoms with van der Waals surface area (Å²) in [6, 6.07) is 7.20. The lowest BCUT2D eigenvalue weighted by Gasteiger charge is -2.29. The van der Waals surface area contributed by atoms with Crippen molar-refractivity contribution >= 4 is 11.6 Å². The highest BCUT2D eigenvalue weighted by atomic mass is 16.5. The van der Waals surface area contributed by atoms with Gasteiger partial charge in [-0.3, -0.25) is 4.79 Å². The number of nitrogens with zero attached hydrogens (tertiary/aromatic N) is 1. The number of rotatable bonds is 11. The van der Waals surface area contributed by atoms with Crippen molar-refractivity contribution in [2.75, 3.05) is 18.5 Å². The highest BCUT2D eigenvalue weighted by molar-refractivity contribution is 5.98. The Balaban J connectivity index is 2.93. The van der Waals surface area contributed by atoms with E-state index in [1.807, 2.05) is 20.8 Å². The molecule has 5 heteroatoms. The van der Waals surface area contributed by atoms with Crippen molar-refractivity contribution in [2.24, 2.45) is 0 Å². The van der Waals surface area contributed by atoms with Gasteiger partial charge in [-0.25, -0.2) is 0 Å². The number of anilines is 1. The Morgan fingerprint density at radius 1 is 1.24 bits per heavy atom. The van der Waals surface area contributed by atoms with Gasteiger partial charge in [0, 0.05) is 6.61 Å². The lowest BCUT2D eigenvalue weighted by molar-refractivity contribution is -0.140.